The van der Waals surface area contributed by atoms with Crippen LogP contribution in [0.15, 0.2) is 36.4 Å². The van der Waals surface area contributed by atoms with Crippen LogP contribution < -0.4 is 5.14 Å². The lowest BCUT2D eigenvalue weighted by Gasteiger charge is -2.15. The Balaban J connectivity index is 2.79. The summed E-state index contributed by atoms with van der Waals surface area (Å²) in [5.41, 5.74) is 1.09. The predicted molar refractivity (Wildman–Crippen MR) is 61.9 cm³/mol. The summed E-state index contributed by atoms with van der Waals surface area (Å²) in [7, 11) is -1.34. The number of hydrogen-bond donors (Lipinski definition) is 1. The largest absolute Gasteiger partial charge is 0.251 e. The highest BCUT2D eigenvalue weighted by Crippen LogP contribution is 2.13. The van der Waals surface area contributed by atoms with E-state index in [0.29, 0.717) is 0 Å². The van der Waals surface area contributed by atoms with Crippen molar-refractivity contribution in [2.45, 2.75) is 18.6 Å². The average molecular weight is 209 g/mol. The van der Waals surface area contributed by atoms with Gasteiger partial charge >= 0.3 is 0 Å². The molecule has 0 saturated carbocycles. The first-order valence-electron chi connectivity index (χ1n) is 4.43. The van der Waals surface area contributed by atoms with Crippen LogP contribution in [0.2, 0.25) is 0 Å². The van der Waals surface area contributed by atoms with Crippen molar-refractivity contribution in [2.75, 3.05) is 0 Å². The van der Waals surface area contributed by atoms with Crippen LogP contribution in [0.1, 0.15) is 19.4 Å². The zero-order chi connectivity index (χ0) is 10.6. The molecule has 0 saturated heterocycles. The SMILES string of the molecule is CC(C)(C=Cc1ccccc1)[S@](N)=O. The Morgan fingerprint density at radius 2 is 1.86 bits per heavy atom. The van der Waals surface area contributed by atoms with Crippen LogP contribution in [-0.4, -0.2) is 8.96 Å². The van der Waals surface area contributed by atoms with E-state index in [0.717, 1.165) is 5.56 Å². The highest BCUT2D eigenvalue weighted by Gasteiger charge is 2.18. The molecule has 1 rings (SSSR count). The van der Waals surface area contributed by atoms with E-state index in [1.165, 1.54) is 0 Å². The third kappa shape index (κ3) is 3.09. The summed E-state index contributed by atoms with van der Waals surface area (Å²) in [5.74, 6) is 0. The van der Waals surface area contributed by atoms with Crippen LogP contribution in [0.3, 0.4) is 0 Å². The van der Waals surface area contributed by atoms with Crippen molar-refractivity contribution in [1.29, 1.82) is 0 Å². The van der Waals surface area contributed by atoms with Crippen molar-refractivity contribution in [3.8, 4) is 0 Å². The molecule has 3 heteroatoms. The minimum atomic E-state index is -1.34. The molecule has 2 nitrogen and oxygen atoms in total. The summed E-state index contributed by atoms with van der Waals surface area (Å²) in [6.45, 7) is 3.70. The zero-order valence-corrected chi connectivity index (χ0v) is 9.25. The molecule has 0 heterocycles. The molecule has 0 unspecified atom stereocenters. The van der Waals surface area contributed by atoms with Crippen LogP contribution in [-0.2, 0) is 11.0 Å². The second-order valence-electron chi connectivity index (χ2n) is 3.64. The van der Waals surface area contributed by atoms with Crippen molar-refractivity contribution in [1.82, 2.24) is 0 Å². The Morgan fingerprint density at radius 1 is 1.29 bits per heavy atom. The van der Waals surface area contributed by atoms with E-state index in [2.05, 4.69) is 0 Å². The molecule has 0 bridgehead atoms. The molecule has 2 N–H and O–H groups in total. The van der Waals surface area contributed by atoms with Gasteiger partial charge in [0, 0.05) is 0 Å². The number of hydrogen-bond acceptors (Lipinski definition) is 1. The molecule has 1 aromatic rings. The fourth-order valence-electron chi connectivity index (χ4n) is 0.928. The summed E-state index contributed by atoms with van der Waals surface area (Å²) in [5, 5.41) is 5.36. The standard InChI is InChI=1S/C11H15NOS/c1-11(2,14(12)13)9-8-10-6-4-3-5-7-10/h3-9H,12H2,1-2H3/t14-/m1/s1. The van der Waals surface area contributed by atoms with Crippen molar-refractivity contribution in [3.05, 3.63) is 42.0 Å². The summed E-state index contributed by atoms with van der Waals surface area (Å²) in [6.07, 6.45) is 3.81. The van der Waals surface area contributed by atoms with Crippen molar-refractivity contribution in [2.24, 2.45) is 5.14 Å². The highest BCUT2D eigenvalue weighted by atomic mass is 32.2. The quantitative estimate of drug-likeness (QED) is 0.814. The molecule has 0 fully saturated rings. The fourth-order valence-corrected chi connectivity index (χ4v) is 1.13. The van der Waals surface area contributed by atoms with E-state index in [1.807, 2.05) is 56.3 Å². The lowest BCUT2D eigenvalue weighted by Crippen LogP contribution is -2.29. The molecule has 0 aliphatic rings. The van der Waals surface area contributed by atoms with Crippen LogP contribution in [0, 0.1) is 0 Å². The van der Waals surface area contributed by atoms with Gasteiger partial charge < -0.3 is 0 Å². The van der Waals surface area contributed by atoms with Gasteiger partial charge in [-0.1, -0.05) is 42.5 Å². The highest BCUT2D eigenvalue weighted by molar-refractivity contribution is 7.84. The van der Waals surface area contributed by atoms with Crippen LogP contribution in [0.5, 0.6) is 0 Å². The molecule has 0 aromatic heterocycles. The van der Waals surface area contributed by atoms with Gasteiger partial charge in [0.25, 0.3) is 0 Å². The van der Waals surface area contributed by atoms with Crippen LogP contribution in [0.25, 0.3) is 6.08 Å². The topological polar surface area (TPSA) is 43.1 Å². The van der Waals surface area contributed by atoms with E-state index in [-0.39, 0.29) is 0 Å². The second kappa shape index (κ2) is 4.53. The maximum atomic E-state index is 11.1. The first-order valence-corrected chi connectivity index (χ1v) is 5.64. The summed E-state index contributed by atoms with van der Waals surface area (Å²) in [6, 6.07) is 9.87. The molecule has 0 aliphatic carbocycles. The third-order valence-electron chi connectivity index (χ3n) is 2.00. The normalized spacial score (nSPS) is 14.5. The lowest BCUT2D eigenvalue weighted by atomic mass is 10.1. The van der Waals surface area contributed by atoms with Gasteiger partial charge in [-0.3, -0.25) is 5.14 Å². The van der Waals surface area contributed by atoms with Gasteiger partial charge in [0.15, 0.2) is 0 Å². The summed E-state index contributed by atoms with van der Waals surface area (Å²) >= 11 is 0. The van der Waals surface area contributed by atoms with Gasteiger partial charge in [0.2, 0.25) is 0 Å². The maximum absolute atomic E-state index is 11.1. The smallest absolute Gasteiger partial charge is 0.0984 e. The van der Waals surface area contributed by atoms with Crippen LogP contribution in [0.4, 0.5) is 0 Å². The van der Waals surface area contributed by atoms with Crippen molar-refractivity contribution < 1.29 is 4.21 Å². The molecular weight excluding hydrogens is 194 g/mol. The van der Waals surface area contributed by atoms with E-state index in [4.69, 9.17) is 5.14 Å². The van der Waals surface area contributed by atoms with Gasteiger partial charge in [0.05, 0.1) is 15.7 Å². The van der Waals surface area contributed by atoms with E-state index in [9.17, 15) is 4.21 Å². The van der Waals surface area contributed by atoms with E-state index in [1.54, 1.807) is 0 Å². The van der Waals surface area contributed by atoms with Gasteiger partial charge in [-0.15, -0.1) is 0 Å². The fraction of sp³-hybridized carbons (Fsp3) is 0.273. The Labute approximate surface area is 87.4 Å². The molecule has 0 amide bonds. The maximum Gasteiger partial charge on any atom is 0.0984 e. The molecule has 14 heavy (non-hydrogen) atoms. The zero-order valence-electron chi connectivity index (χ0n) is 8.44. The molecular formula is C11H15NOS. The van der Waals surface area contributed by atoms with Gasteiger partial charge in [-0.05, 0) is 19.4 Å². The Bertz CT molecular complexity index is 344. The second-order valence-corrected chi connectivity index (χ2v) is 5.29. The Morgan fingerprint density at radius 3 is 2.36 bits per heavy atom. The first-order chi connectivity index (χ1) is 6.52. The molecule has 0 spiro atoms. The Kier molecular flexibility index (Phi) is 3.61. The molecule has 0 radical (unpaired) electrons. The molecule has 76 valence electrons. The summed E-state index contributed by atoms with van der Waals surface area (Å²) < 4.78 is 10.6. The van der Waals surface area contributed by atoms with Gasteiger partial charge in [0.1, 0.15) is 0 Å². The monoisotopic (exact) mass is 209 g/mol. The van der Waals surface area contributed by atoms with E-state index >= 15 is 0 Å². The van der Waals surface area contributed by atoms with Gasteiger partial charge in [-0.2, -0.15) is 0 Å². The van der Waals surface area contributed by atoms with Crippen LogP contribution >= 0.6 is 0 Å². The predicted octanol–water partition coefficient (Wildman–Crippen LogP) is 2.10. The number of nitrogens with two attached hydrogens (primary N) is 1. The molecule has 1 aromatic carbocycles. The summed E-state index contributed by atoms with van der Waals surface area (Å²) in [4.78, 5) is 0. The number of rotatable bonds is 3. The first kappa shape index (κ1) is 11.1. The van der Waals surface area contributed by atoms with E-state index < -0.39 is 15.7 Å². The lowest BCUT2D eigenvalue weighted by molar-refractivity contribution is 0.665. The number of benzene rings is 1. The minimum absolute atomic E-state index is 0.476. The molecule has 1 atom stereocenters. The van der Waals surface area contributed by atoms with Gasteiger partial charge in [-0.25, -0.2) is 4.21 Å². The molecule has 0 aliphatic heterocycles. The van der Waals surface area contributed by atoms with Crippen molar-refractivity contribution in [3.63, 3.8) is 0 Å². The average Bonchev–Trinajstić information content (AvgIpc) is 2.16. The minimum Gasteiger partial charge on any atom is -0.251 e. The Hall–Kier alpha value is -0.930. The third-order valence-corrected chi connectivity index (χ3v) is 3.17. The van der Waals surface area contributed by atoms with Crippen molar-refractivity contribution >= 4 is 17.1 Å².